The Hall–Kier alpha value is -0.530. The highest BCUT2D eigenvalue weighted by molar-refractivity contribution is 5.76. The summed E-state index contributed by atoms with van der Waals surface area (Å²) in [4.78, 5) is 12.6. The summed E-state index contributed by atoms with van der Waals surface area (Å²) in [6.45, 7) is 14.4. The predicted molar refractivity (Wildman–Crippen MR) is 96.2 cm³/mol. The molecule has 4 bridgehead atoms. The average molecular weight is 323 g/mol. The Kier molecular flexibility index (Phi) is 5.24. The van der Waals surface area contributed by atoms with Gasteiger partial charge in [0.1, 0.15) is 5.60 Å². The molecular weight excluding hydrogens is 284 g/mol. The van der Waals surface area contributed by atoms with Gasteiger partial charge in [0.2, 0.25) is 0 Å². The monoisotopic (exact) mass is 322 g/mol. The van der Waals surface area contributed by atoms with Crippen molar-refractivity contribution in [2.24, 2.45) is 28.6 Å². The predicted octanol–water partition coefficient (Wildman–Crippen LogP) is 5.99. The zero-order valence-electron chi connectivity index (χ0n) is 16.5. The van der Waals surface area contributed by atoms with Crippen LogP contribution in [-0.2, 0) is 9.53 Å². The summed E-state index contributed by atoms with van der Waals surface area (Å²) >= 11 is 0. The lowest BCUT2D eigenvalue weighted by molar-refractivity contribution is -0.206. The Morgan fingerprint density at radius 3 is 1.70 bits per heavy atom. The van der Waals surface area contributed by atoms with E-state index < -0.39 is 0 Å². The topological polar surface area (TPSA) is 26.3 Å². The minimum Gasteiger partial charge on any atom is -0.459 e. The number of esters is 1. The molecule has 0 aliphatic heterocycles. The number of rotatable bonds is 4. The van der Waals surface area contributed by atoms with Crippen LogP contribution in [-0.4, -0.2) is 11.6 Å². The van der Waals surface area contributed by atoms with Gasteiger partial charge in [0, 0.05) is 5.41 Å². The summed E-state index contributed by atoms with van der Waals surface area (Å²) < 4.78 is 6.14. The van der Waals surface area contributed by atoms with Gasteiger partial charge in [-0.05, 0) is 90.4 Å². The zero-order valence-corrected chi connectivity index (χ0v) is 16.5. The first-order valence-corrected chi connectivity index (χ1v) is 9.91. The molecule has 0 unspecified atom stereocenters. The molecule has 2 heteroatoms. The summed E-state index contributed by atoms with van der Waals surface area (Å²) in [5, 5.41) is 0. The fourth-order valence-corrected chi connectivity index (χ4v) is 5.47. The van der Waals surface area contributed by atoms with Crippen LogP contribution in [0, 0.1) is 28.6 Å². The molecule has 0 atom stereocenters. The molecule has 0 amide bonds. The highest BCUT2D eigenvalue weighted by Gasteiger charge is 2.59. The van der Waals surface area contributed by atoms with Crippen molar-refractivity contribution in [3.05, 3.63) is 0 Å². The van der Waals surface area contributed by atoms with E-state index in [4.69, 9.17) is 4.74 Å². The SMILES string of the molecule is CC.CCC(C)(C)C(=O)OC(C)(C)C12CC3CC(CC(C3)C1)C2. The van der Waals surface area contributed by atoms with Gasteiger partial charge in [-0.2, -0.15) is 0 Å². The third-order valence-electron chi connectivity index (χ3n) is 7.10. The second-order valence-electron chi connectivity index (χ2n) is 9.34. The Bertz CT molecular complexity index is 398. The summed E-state index contributed by atoms with van der Waals surface area (Å²) in [7, 11) is 0. The molecule has 2 nitrogen and oxygen atoms in total. The molecule has 4 rings (SSSR count). The van der Waals surface area contributed by atoms with Gasteiger partial charge in [-0.3, -0.25) is 4.79 Å². The van der Waals surface area contributed by atoms with E-state index in [-0.39, 0.29) is 22.4 Å². The van der Waals surface area contributed by atoms with Crippen LogP contribution in [0.25, 0.3) is 0 Å². The van der Waals surface area contributed by atoms with Crippen molar-refractivity contribution in [3.8, 4) is 0 Å². The van der Waals surface area contributed by atoms with E-state index in [1.165, 1.54) is 38.5 Å². The van der Waals surface area contributed by atoms with Crippen LogP contribution in [0.4, 0.5) is 0 Å². The first-order chi connectivity index (χ1) is 10.7. The van der Waals surface area contributed by atoms with Crippen LogP contribution >= 0.6 is 0 Å². The van der Waals surface area contributed by atoms with Gasteiger partial charge >= 0.3 is 5.97 Å². The normalized spacial score (nSPS) is 35.5. The molecular formula is C21H38O2. The van der Waals surface area contributed by atoms with Gasteiger partial charge in [0.15, 0.2) is 0 Å². The van der Waals surface area contributed by atoms with Crippen LogP contribution in [0.2, 0.25) is 0 Å². The fourth-order valence-electron chi connectivity index (χ4n) is 5.47. The molecule has 0 N–H and O–H groups in total. The standard InChI is InChI=1S/C19H32O2.C2H6/c1-6-17(2,3)16(20)21-18(4,5)19-10-13-7-14(11-19)9-15(8-13)12-19;1-2/h13-15H,6-12H2,1-5H3;1-2H3. The molecule has 23 heavy (non-hydrogen) atoms. The fraction of sp³-hybridized carbons (Fsp3) is 0.952. The van der Waals surface area contributed by atoms with Gasteiger partial charge in [0.05, 0.1) is 5.41 Å². The van der Waals surface area contributed by atoms with Gasteiger partial charge in [-0.25, -0.2) is 0 Å². The minimum absolute atomic E-state index is 0.00857. The second-order valence-corrected chi connectivity index (χ2v) is 9.34. The lowest BCUT2D eigenvalue weighted by atomic mass is 9.46. The highest BCUT2D eigenvalue weighted by atomic mass is 16.6. The van der Waals surface area contributed by atoms with Crippen LogP contribution < -0.4 is 0 Å². The number of carbonyl (C=O) groups excluding carboxylic acids is 1. The highest BCUT2D eigenvalue weighted by Crippen LogP contribution is 2.64. The van der Waals surface area contributed by atoms with Crippen LogP contribution in [0.5, 0.6) is 0 Å². The number of hydrogen-bond acceptors (Lipinski definition) is 2. The Balaban J connectivity index is 0.000000924. The van der Waals surface area contributed by atoms with Crippen molar-refractivity contribution in [2.75, 3.05) is 0 Å². The van der Waals surface area contributed by atoms with Crippen molar-refractivity contribution >= 4 is 5.97 Å². The third kappa shape index (κ3) is 3.33. The maximum absolute atomic E-state index is 12.6. The van der Waals surface area contributed by atoms with Crippen molar-refractivity contribution < 1.29 is 9.53 Å². The van der Waals surface area contributed by atoms with Crippen molar-refractivity contribution in [1.29, 1.82) is 0 Å². The molecule has 4 aliphatic carbocycles. The van der Waals surface area contributed by atoms with Gasteiger partial charge < -0.3 is 4.74 Å². The molecule has 4 saturated carbocycles. The van der Waals surface area contributed by atoms with E-state index in [1.54, 1.807) is 0 Å². The zero-order chi connectivity index (χ0) is 17.5. The summed E-state index contributed by atoms with van der Waals surface area (Å²) in [6.07, 6.45) is 8.99. The van der Waals surface area contributed by atoms with Crippen LogP contribution in [0.1, 0.15) is 93.4 Å². The molecule has 0 aromatic carbocycles. The number of carbonyl (C=O) groups is 1. The van der Waals surface area contributed by atoms with E-state index >= 15 is 0 Å². The third-order valence-corrected chi connectivity index (χ3v) is 7.10. The number of ether oxygens (including phenoxy) is 1. The van der Waals surface area contributed by atoms with E-state index in [2.05, 4.69) is 20.8 Å². The van der Waals surface area contributed by atoms with Crippen molar-refractivity contribution in [1.82, 2.24) is 0 Å². The van der Waals surface area contributed by atoms with E-state index in [0.717, 1.165) is 24.2 Å². The molecule has 0 aromatic heterocycles. The molecule has 0 spiro atoms. The van der Waals surface area contributed by atoms with Gasteiger partial charge in [0.25, 0.3) is 0 Å². The second kappa shape index (κ2) is 6.41. The van der Waals surface area contributed by atoms with Crippen molar-refractivity contribution in [3.63, 3.8) is 0 Å². The van der Waals surface area contributed by atoms with E-state index in [9.17, 15) is 4.79 Å². The molecule has 4 fully saturated rings. The van der Waals surface area contributed by atoms with Crippen molar-refractivity contribution in [2.45, 2.75) is 99.0 Å². The van der Waals surface area contributed by atoms with E-state index in [1.807, 2.05) is 27.7 Å². The van der Waals surface area contributed by atoms with Gasteiger partial charge in [-0.15, -0.1) is 0 Å². The molecule has 0 aromatic rings. The number of hydrogen-bond donors (Lipinski definition) is 0. The first-order valence-electron chi connectivity index (χ1n) is 9.91. The minimum atomic E-state index is -0.362. The molecule has 0 radical (unpaired) electrons. The Morgan fingerprint density at radius 2 is 1.35 bits per heavy atom. The molecule has 134 valence electrons. The average Bonchev–Trinajstić information content (AvgIpc) is 2.47. The van der Waals surface area contributed by atoms with Gasteiger partial charge in [-0.1, -0.05) is 20.8 Å². The maximum atomic E-state index is 12.6. The Labute approximate surface area is 143 Å². The lowest BCUT2D eigenvalue weighted by Crippen LogP contribution is -2.58. The summed E-state index contributed by atoms with van der Waals surface area (Å²) in [6, 6.07) is 0. The molecule has 0 saturated heterocycles. The summed E-state index contributed by atoms with van der Waals surface area (Å²) in [5.41, 5.74) is -0.423. The van der Waals surface area contributed by atoms with Crippen LogP contribution in [0.15, 0.2) is 0 Å². The molecule has 4 aliphatic rings. The lowest BCUT2D eigenvalue weighted by Gasteiger charge is -2.61. The van der Waals surface area contributed by atoms with E-state index in [0.29, 0.717) is 0 Å². The molecule has 0 heterocycles. The quantitative estimate of drug-likeness (QED) is 0.594. The first kappa shape index (κ1) is 18.8. The maximum Gasteiger partial charge on any atom is 0.312 e. The smallest absolute Gasteiger partial charge is 0.312 e. The van der Waals surface area contributed by atoms with Crippen LogP contribution in [0.3, 0.4) is 0 Å². The Morgan fingerprint density at radius 1 is 0.957 bits per heavy atom. The largest absolute Gasteiger partial charge is 0.459 e. The summed E-state index contributed by atoms with van der Waals surface area (Å²) in [5.74, 6) is 2.68.